The number of β-amino-alcohol motifs (C(OH)–C–C–N with tert-alkyl or cyclic N) is 1. The molecule has 0 saturated carbocycles. The Morgan fingerprint density at radius 1 is 1.57 bits per heavy atom. The maximum absolute atomic E-state index is 9.38. The molecular weight excluding hydrogens is 182 g/mol. The summed E-state index contributed by atoms with van der Waals surface area (Å²) in [6, 6.07) is 0.115. The van der Waals surface area contributed by atoms with Crippen LogP contribution in [0.4, 0.5) is 5.95 Å². The molecule has 1 aromatic rings. The minimum absolute atomic E-state index is 0.115. The lowest BCUT2D eigenvalue weighted by Gasteiger charge is -2.09. The predicted octanol–water partition coefficient (Wildman–Crippen LogP) is -0.748. The summed E-state index contributed by atoms with van der Waals surface area (Å²) in [5, 5.41) is 23.6. The van der Waals surface area contributed by atoms with Gasteiger partial charge in [0.2, 0.25) is 5.95 Å². The van der Waals surface area contributed by atoms with Gasteiger partial charge in [0.25, 0.3) is 0 Å². The van der Waals surface area contributed by atoms with Crippen LogP contribution in [0, 0.1) is 0 Å². The molecule has 0 radical (unpaired) electrons. The topological polar surface area (TPSA) is 75.0 Å². The molecule has 0 aromatic carbocycles. The molecule has 2 atom stereocenters. The molecule has 1 saturated heterocycles. The summed E-state index contributed by atoms with van der Waals surface area (Å²) in [6.45, 7) is 0.631. The highest BCUT2D eigenvalue weighted by Crippen LogP contribution is 2.22. The van der Waals surface area contributed by atoms with Crippen molar-refractivity contribution in [1.82, 2.24) is 20.1 Å². The van der Waals surface area contributed by atoms with Gasteiger partial charge in [-0.05, 0) is 6.42 Å². The van der Waals surface area contributed by atoms with Crippen molar-refractivity contribution in [3.8, 4) is 0 Å². The van der Waals surface area contributed by atoms with Crippen LogP contribution in [-0.2, 0) is 7.05 Å². The number of nitrogens with one attached hydrogen (secondary N) is 2. The van der Waals surface area contributed by atoms with Gasteiger partial charge in [-0.3, -0.25) is 4.57 Å². The lowest BCUT2D eigenvalue weighted by Crippen LogP contribution is -2.18. The molecule has 1 unspecified atom stereocenters. The van der Waals surface area contributed by atoms with Gasteiger partial charge in [-0.2, -0.15) is 0 Å². The van der Waals surface area contributed by atoms with Gasteiger partial charge in [0.05, 0.1) is 12.1 Å². The van der Waals surface area contributed by atoms with Crippen molar-refractivity contribution in [2.75, 3.05) is 18.9 Å². The zero-order chi connectivity index (χ0) is 10.1. The molecule has 6 nitrogen and oxygen atoms in total. The van der Waals surface area contributed by atoms with Gasteiger partial charge in [-0.25, -0.2) is 0 Å². The van der Waals surface area contributed by atoms with Crippen molar-refractivity contribution in [3.63, 3.8) is 0 Å². The van der Waals surface area contributed by atoms with E-state index in [0.29, 0.717) is 13.0 Å². The molecule has 2 rings (SSSR count). The number of rotatable bonds is 2. The monoisotopic (exact) mass is 197 g/mol. The molecule has 0 spiro atoms. The normalized spacial score (nSPS) is 26.8. The summed E-state index contributed by atoms with van der Waals surface area (Å²) in [4.78, 5) is 0. The molecular formula is C8H15N5O. The van der Waals surface area contributed by atoms with Crippen LogP contribution in [0.2, 0.25) is 0 Å². The van der Waals surface area contributed by atoms with E-state index in [9.17, 15) is 5.11 Å². The molecule has 78 valence electrons. The first-order valence-corrected chi connectivity index (χ1v) is 4.71. The summed E-state index contributed by atoms with van der Waals surface area (Å²) in [6.07, 6.45) is 0.435. The quantitative estimate of drug-likeness (QED) is 0.582. The van der Waals surface area contributed by atoms with Gasteiger partial charge in [-0.15, -0.1) is 10.2 Å². The van der Waals surface area contributed by atoms with E-state index in [1.807, 2.05) is 18.7 Å². The van der Waals surface area contributed by atoms with E-state index in [2.05, 4.69) is 20.8 Å². The zero-order valence-corrected chi connectivity index (χ0v) is 8.36. The maximum atomic E-state index is 9.38. The fourth-order valence-corrected chi connectivity index (χ4v) is 1.78. The number of nitrogens with zero attached hydrogens (tertiary/aromatic N) is 3. The van der Waals surface area contributed by atoms with Gasteiger partial charge in [0, 0.05) is 20.6 Å². The third-order valence-electron chi connectivity index (χ3n) is 2.55. The van der Waals surface area contributed by atoms with Crippen LogP contribution in [0.25, 0.3) is 0 Å². The minimum Gasteiger partial charge on any atom is -0.392 e. The zero-order valence-electron chi connectivity index (χ0n) is 8.36. The second kappa shape index (κ2) is 3.55. The van der Waals surface area contributed by atoms with Crippen LogP contribution in [0.15, 0.2) is 0 Å². The molecule has 1 fully saturated rings. The average molecular weight is 197 g/mol. The van der Waals surface area contributed by atoms with E-state index >= 15 is 0 Å². The number of hydrogen-bond acceptors (Lipinski definition) is 5. The van der Waals surface area contributed by atoms with Gasteiger partial charge in [0.15, 0.2) is 5.82 Å². The molecule has 1 aliphatic heterocycles. The molecule has 1 aromatic heterocycles. The SMILES string of the molecule is CNc1nnc([C@@H]2CC(O)CN2)n1C. The highest BCUT2D eigenvalue weighted by atomic mass is 16.3. The summed E-state index contributed by atoms with van der Waals surface area (Å²) in [5.41, 5.74) is 0. The summed E-state index contributed by atoms with van der Waals surface area (Å²) in [7, 11) is 3.72. The van der Waals surface area contributed by atoms with E-state index in [1.54, 1.807) is 0 Å². The molecule has 6 heteroatoms. The highest BCUT2D eigenvalue weighted by Gasteiger charge is 2.27. The number of hydrogen-bond donors (Lipinski definition) is 3. The smallest absolute Gasteiger partial charge is 0.224 e. The summed E-state index contributed by atoms with van der Waals surface area (Å²) >= 11 is 0. The largest absolute Gasteiger partial charge is 0.392 e. The minimum atomic E-state index is -0.269. The van der Waals surface area contributed by atoms with Crippen molar-refractivity contribution >= 4 is 5.95 Å². The Hall–Kier alpha value is -1.14. The highest BCUT2D eigenvalue weighted by molar-refractivity contribution is 5.25. The van der Waals surface area contributed by atoms with Crippen molar-refractivity contribution in [2.45, 2.75) is 18.6 Å². The van der Waals surface area contributed by atoms with E-state index in [4.69, 9.17) is 0 Å². The Kier molecular flexibility index (Phi) is 2.39. The first-order chi connectivity index (χ1) is 6.72. The van der Waals surface area contributed by atoms with Crippen LogP contribution < -0.4 is 10.6 Å². The molecule has 2 heterocycles. The Morgan fingerprint density at radius 2 is 2.36 bits per heavy atom. The van der Waals surface area contributed by atoms with Crippen LogP contribution in [0.5, 0.6) is 0 Å². The first-order valence-electron chi connectivity index (χ1n) is 4.71. The van der Waals surface area contributed by atoms with E-state index in [1.165, 1.54) is 0 Å². The second-order valence-corrected chi connectivity index (χ2v) is 3.54. The van der Waals surface area contributed by atoms with Gasteiger partial charge >= 0.3 is 0 Å². The number of anilines is 1. The summed E-state index contributed by atoms with van der Waals surface area (Å²) in [5.74, 6) is 1.61. The first kappa shape index (κ1) is 9.42. The fourth-order valence-electron chi connectivity index (χ4n) is 1.78. The van der Waals surface area contributed by atoms with E-state index in [-0.39, 0.29) is 12.1 Å². The average Bonchev–Trinajstić information content (AvgIpc) is 2.72. The Balaban J connectivity index is 2.20. The lowest BCUT2D eigenvalue weighted by molar-refractivity contribution is 0.193. The van der Waals surface area contributed by atoms with Crippen molar-refractivity contribution in [2.24, 2.45) is 7.05 Å². The van der Waals surface area contributed by atoms with Crippen LogP contribution >= 0.6 is 0 Å². The molecule has 0 aliphatic carbocycles. The fraction of sp³-hybridized carbons (Fsp3) is 0.750. The standard InChI is InChI=1S/C8H15N5O/c1-9-8-12-11-7(13(8)2)6-3-5(14)4-10-6/h5-6,10,14H,3-4H2,1-2H3,(H,9,12)/t5?,6-/m0/s1. The Bertz CT molecular complexity index is 324. The third kappa shape index (κ3) is 1.46. The number of aromatic nitrogens is 3. The second-order valence-electron chi connectivity index (χ2n) is 3.54. The third-order valence-corrected chi connectivity index (χ3v) is 2.55. The van der Waals surface area contributed by atoms with Gasteiger partial charge in [-0.1, -0.05) is 0 Å². The predicted molar refractivity (Wildman–Crippen MR) is 51.9 cm³/mol. The van der Waals surface area contributed by atoms with Gasteiger partial charge in [0.1, 0.15) is 0 Å². The Morgan fingerprint density at radius 3 is 2.86 bits per heavy atom. The lowest BCUT2D eigenvalue weighted by atomic mass is 10.2. The van der Waals surface area contributed by atoms with Crippen LogP contribution in [0.3, 0.4) is 0 Å². The van der Waals surface area contributed by atoms with Crippen molar-refractivity contribution < 1.29 is 5.11 Å². The number of aliphatic hydroxyl groups is 1. The number of aliphatic hydroxyl groups excluding tert-OH is 1. The Labute approximate surface area is 82.3 Å². The van der Waals surface area contributed by atoms with Crippen LogP contribution in [0.1, 0.15) is 18.3 Å². The van der Waals surface area contributed by atoms with Crippen molar-refractivity contribution in [3.05, 3.63) is 5.82 Å². The molecule has 0 bridgehead atoms. The van der Waals surface area contributed by atoms with E-state index < -0.39 is 0 Å². The van der Waals surface area contributed by atoms with Gasteiger partial charge < -0.3 is 15.7 Å². The summed E-state index contributed by atoms with van der Waals surface area (Å²) < 4.78 is 1.90. The van der Waals surface area contributed by atoms with E-state index in [0.717, 1.165) is 11.8 Å². The molecule has 1 aliphatic rings. The molecule has 3 N–H and O–H groups in total. The van der Waals surface area contributed by atoms with Crippen LogP contribution in [-0.4, -0.2) is 39.6 Å². The van der Waals surface area contributed by atoms with Crippen molar-refractivity contribution in [1.29, 1.82) is 0 Å². The maximum Gasteiger partial charge on any atom is 0.224 e. The molecule has 14 heavy (non-hydrogen) atoms. The molecule has 0 amide bonds.